The average Bonchev–Trinajstić information content (AvgIpc) is 3.13. The van der Waals surface area contributed by atoms with Gasteiger partial charge >= 0.3 is 0 Å². The molecule has 0 aliphatic rings. The summed E-state index contributed by atoms with van der Waals surface area (Å²) in [4.78, 5) is 10.1. The Morgan fingerprint density at radius 1 is 1.12 bits per heavy atom. The second-order valence-corrected chi connectivity index (χ2v) is 8.00. The number of hydrogen-bond donors (Lipinski definition) is 1. The Labute approximate surface area is 191 Å². The fourth-order valence-corrected chi connectivity index (χ4v) is 4.01. The molecule has 2 heterocycles. The van der Waals surface area contributed by atoms with Gasteiger partial charge in [0.15, 0.2) is 0 Å². The van der Waals surface area contributed by atoms with Crippen LogP contribution in [-0.4, -0.2) is 15.7 Å². The predicted molar refractivity (Wildman–Crippen MR) is 126 cm³/mol. The van der Waals surface area contributed by atoms with E-state index in [0.717, 1.165) is 37.7 Å². The third-order valence-electron chi connectivity index (χ3n) is 3.30. The molecule has 0 unspecified atom stereocenters. The Kier molecular flexibility index (Phi) is 9.18. The van der Waals surface area contributed by atoms with Crippen molar-refractivity contribution in [2.75, 3.05) is 5.43 Å². The third-order valence-corrected chi connectivity index (χ3v) is 5.88. The molecule has 0 aliphatic heterocycles. The van der Waals surface area contributed by atoms with Crippen molar-refractivity contribution in [1.82, 2.24) is 9.97 Å². The quantitative estimate of drug-likeness (QED) is 0.272. The van der Waals surface area contributed by atoms with E-state index in [4.69, 9.17) is 23.2 Å². The Morgan fingerprint density at radius 3 is 2.46 bits per heavy atom. The van der Waals surface area contributed by atoms with Crippen LogP contribution in [0.5, 0.6) is 0 Å². The van der Waals surface area contributed by atoms with Crippen molar-refractivity contribution in [2.45, 2.75) is 20.8 Å². The van der Waals surface area contributed by atoms with E-state index in [1.807, 2.05) is 32.2 Å². The molecule has 0 radical (unpaired) electrons. The number of thiazole rings is 2. The molecule has 0 bridgehead atoms. The number of hydrazone groups is 1. The summed E-state index contributed by atoms with van der Waals surface area (Å²) in [5.41, 5.74) is 6.63. The fourth-order valence-electron chi connectivity index (χ4n) is 2.12. The molecule has 0 spiro atoms. The molecular weight excluding hydrogens is 543 g/mol. The molecule has 10 heteroatoms. The van der Waals surface area contributed by atoms with Crippen molar-refractivity contribution in [3.8, 4) is 10.6 Å². The predicted octanol–water partition coefficient (Wildman–Crippen LogP) is 7.18. The topological polar surface area (TPSA) is 50.2 Å². The first-order valence-electron chi connectivity index (χ1n) is 7.09. The van der Waals surface area contributed by atoms with Gasteiger partial charge in [0.25, 0.3) is 0 Å². The molecule has 140 valence electrons. The molecule has 26 heavy (non-hydrogen) atoms. The molecule has 0 amide bonds. The maximum absolute atomic E-state index is 6.04. The molecule has 3 aromatic rings. The SMILES string of the molecule is Br.Br.CC(=NNc1nc(-c2sc(C)nc2C)cs1)c1ccc(Cl)c(Cl)c1. The fraction of sp³-hybridized carbons (Fsp3) is 0.188. The summed E-state index contributed by atoms with van der Waals surface area (Å²) in [6.07, 6.45) is 0. The summed E-state index contributed by atoms with van der Waals surface area (Å²) >= 11 is 15.1. The molecular formula is C16H16Br2Cl2N4S2. The van der Waals surface area contributed by atoms with E-state index in [1.54, 1.807) is 23.5 Å². The van der Waals surface area contributed by atoms with Crippen molar-refractivity contribution in [3.63, 3.8) is 0 Å². The standard InChI is InChI=1S/C16H14Cl2N4S2.2BrH/c1-8(11-4-5-12(17)13(18)6-11)21-22-16-20-14(7-23-16)15-9(2)19-10(3)24-15;;/h4-7H,1-3H3,(H,20,22);2*1H. The highest BCUT2D eigenvalue weighted by Crippen LogP contribution is 2.32. The van der Waals surface area contributed by atoms with Crippen LogP contribution in [0.4, 0.5) is 5.13 Å². The van der Waals surface area contributed by atoms with Gasteiger partial charge in [-0.05, 0) is 38.5 Å². The maximum Gasteiger partial charge on any atom is 0.203 e. The van der Waals surface area contributed by atoms with Crippen LogP contribution in [0.2, 0.25) is 10.0 Å². The molecule has 0 aliphatic carbocycles. The van der Waals surface area contributed by atoms with E-state index in [2.05, 4.69) is 20.5 Å². The van der Waals surface area contributed by atoms with Gasteiger partial charge in [-0.2, -0.15) is 5.10 Å². The lowest BCUT2D eigenvalue weighted by Gasteiger charge is -2.03. The lowest BCUT2D eigenvalue weighted by Crippen LogP contribution is -1.99. The lowest BCUT2D eigenvalue weighted by atomic mass is 10.1. The summed E-state index contributed by atoms with van der Waals surface area (Å²) in [5.74, 6) is 0. The first-order valence-corrected chi connectivity index (χ1v) is 9.55. The number of benzene rings is 1. The van der Waals surface area contributed by atoms with E-state index < -0.39 is 0 Å². The van der Waals surface area contributed by atoms with E-state index in [-0.39, 0.29) is 34.0 Å². The summed E-state index contributed by atoms with van der Waals surface area (Å²) in [6, 6.07) is 5.43. The van der Waals surface area contributed by atoms with Crippen molar-refractivity contribution in [1.29, 1.82) is 0 Å². The molecule has 1 N–H and O–H groups in total. The van der Waals surface area contributed by atoms with Crippen molar-refractivity contribution < 1.29 is 0 Å². The minimum absolute atomic E-state index is 0. The molecule has 2 aromatic heterocycles. The highest BCUT2D eigenvalue weighted by atomic mass is 79.9. The van der Waals surface area contributed by atoms with Crippen LogP contribution >= 0.6 is 79.8 Å². The van der Waals surface area contributed by atoms with Crippen LogP contribution in [0.3, 0.4) is 0 Å². The first-order chi connectivity index (χ1) is 11.4. The number of hydrogen-bond acceptors (Lipinski definition) is 6. The van der Waals surface area contributed by atoms with Crippen LogP contribution in [0.15, 0.2) is 28.7 Å². The van der Waals surface area contributed by atoms with Crippen molar-refractivity contribution in [3.05, 3.63) is 49.9 Å². The van der Waals surface area contributed by atoms with Gasteiger partial charge in [-0.15, -0.1) is 56.6 Å². The van der Waals surface area contributed by atoms with Gasteiger partial charge in [0.2, 0.25) is 5.13 Å². The van der Waals surface area contributed by atoms with Gasteiger partial charge in [-0.25, -0.2) is 9.97 Å². The Balaban J connectivity index is 0.00000169. The molecule has 0 atom stereocenters. The molecule has 0 fully saturated rings. The number of nitrogens with one attached hydrogen (secondary N) is 1. The zero-order valence-corrected chi connectivity index (χ0v) is 20.6. The number of nitrogens with zero attached hydrogens (tertiary/aromatic N) is 3. The minimum atomic E-state index is 0. The number of aryl methyl sites for hydroxylation is 2. The number of halogens is 4. The Bertz CT molecular complexity index is 925. The van der Waals surface area contributed by atoms with Crippen LogP contribution in [0.1, 0.15) is 23.2 Å². The summed E-state index contributed by atoms with van der Waals surface area (Å²) in [6.45, 7) is 5.90. The maximum atomic E-state index is 6.04. The second kappa shape index (κ2) is 10.1. The van der Waals surface area contributed by atoms with Crippen molar-refractivity contribution >= 4 is 90.7 Å². The van der Waals surface area contributed by atoms with Crippen LogP contribution in [0.25, 0.3) is 10.6 Å². The molecule has 0 saturated carbocycles. The first kappa shape index (κ1) is 23.5. The Morgan fingerprint density at radius 2 is 1.85 bits per heavy atom. The van der Waals surface area contributed by atoms with Crippen LogP contribution in [-0.2, 0) is 0 Å². The van der Waals surface area contributed by atoms with Crippen LogP contribution in [0, 0.1) is 13.8 Å². The molecule has 1 aromatic carbocycles. The number of rotatable bonds is 4. The molecule has 0 saturated heterocycles. The summed E-state index contributed by atoms with van der Waals surface area (Å²) in [7, 11) is 0. The van der Waals surface area contributed by atoms with Crippen LogP contribution < -0.4 is 5.43 Å². The average molecular weight is 559 g/mol. The minimum Gasteiger partial charge on any atom is -0.252 e. The normalized spacial score (nSPS) is 10.9. The summed E-state index contributed by atoms with van der Waals surface area (Å²) in [5, 5.41) is 9.19. The number of aromatic nitrogens is 2. The van der Waals surface area contributed by atoms with E-state index >= 15 is 0 Å². The van der Waals surface area contributed by atoms with Gasteiger partial charge in [-0.1, -0.05) is 29.3 Å². The van der Waals surface area contributed by atoms with Gasteiger partial charge < -0.3 is 0 Å². The van der Waals surface area contributed by atoms with Gasteiger partial charge in [0.05, 0.1) is 37.0 Å². The van der Waals surface area contributed by atoms with Gasteiger partial charge in [0, 0.05) is 5.38 Å². The van der Waals surface area contributed by atoms with Gasteiger partial charge in [-0.3, -0.25) is 5.43 Å². The Hall–Kier alpha value is -0.510. The third kappa shape index (κ3) is 5.50. The van der Waals surface area contributed by atoms with Crippen molar-refractivity contribution in [2.24, 2.45) is 5.10 Å². The second-order valence-electron chi connectivity index (χ2n) is 5.12. The lowest BCUT2D eigenvalue weighted by molar-refractivity contribution is 1.20. The highest BCUT2D eigenvalue weighted by Gasteiger charge is 2.11. The zero-order chi connectivity index (χ0) is 17.3. The molecule has 3 rings (SSSR count). The number of anilines is 1. The summed E-state index contributed by atoms with van der Waals surface area (Å²) < 4.78 is 0. The largest absolute Gasteiger partial charge is 0.252 e. The zero-order valence-electron chi connectivity index (χ0n) is 14.0. The molecule has 4 nitrogen and oxygen atoms in total. The van der Waals surface area contributed by atoms with E-state index in [9.17, 15) is 0 Å². The van der Waals surface area contributed by atoms with E-state index in [0.29, 0.717) is 10.0 Å². The van der Waals surface area contributed by atoms with Gasteiger partial charge in [0.1, 0.15) is 0 Å². The smallest absolute Gasteiger partial charge is 0.203 e. The highest BCUT2D eigenvalue weighted by molar-refractivity contribution is 8.93. The monoisotopic (exact) mass is 556 g/mol. The van der Waals surface area contributed by atoms with E-state index in [1.165, 1.54) is 11.3 Å².